The van der Waals surface area contributed by atoms with Crippen molar-refractivity contribution in [2.24, 2.45) is 11.7 Å². The first kappa shape index (κ1) is 12.1. The van der Waals surface area contributed by atoms with Crippen LogP contribution in [0.15, 0.2) is 6.20 Å². The number of nitrogens with two attached hydrogens (primary N) is 1. The molecule has 0 saturated heterocycles. The second kappa shape index (κ2) is 5.31. The highest BCUT2D eigenvalue weighted by Crippen LogP contribution is 2.23. The van der Waals surface area contributed by atoms with Gasteiger partial charge in [0.25, 0.3) is 0 Å². The summed E-state index contributed by atoms with van der Waals surface area (Å²) < 4.78 is 0. The number of carbonyl (C=O) groups is 1. The van der Waals surface area contributed by atoms with E-state index < -0.39 is 0 Å². The summed E-state index contributed by atoms with van der Waals surface area (Å²) in [6.07, 6.45) is 5.87. The van der Waals surface area contributed by atoms with Gasteiger partial charge in [-0.3, -0.25) is 9.89 Å². The van der Waals surface area contributed by atoms with Gasteiger partial charge in [-0.05, 0) is 19.8 Å². The van der Waals surface area contributed by atoms with Gasteiger partial charge >= 0.3 is 0 Å². The fraction of sp³-hybridized carbons (Fsp3) is 0.667. The Hall–Kier alpha value is -1.36. The number of aryl methyl sites for hydroxylation is 1. The largest absolute Gasteiger partial charge is 0.352 e. The summed E-state index contributed by atoms with van der Waals surface area (Å²) in [7, 11) is 0. The second-order valence-corrected chi connectivity index (χ2v) is 4.79. The summed E-state index contributed by atoms with van der Waals surface area (Å²) in [6.45, 7) is 2.48. The highest BCUT2D eigenvalue weighted by Gasteiger charge is 2.27. The van der Waals surface area contributed by atoms with Gasteiger partial charge in [-0.1, -0.05) is 12.8 Å². The van der Waals surface area contributed by atoms with Gasteiger partial charge in [-0.2, -0.15) is 5.10 Å². The molecule has 1 aliphatic carbocycles. The molecule has 2 atom stereocenters. The summed E-state index contributed by atoms with van der Waals surface area (Å²) in [5.41, 5.74) is 8.01. The standard InChI is InChI=1S/C12H20N4O/c1-8-9(7-15-16-8)6-14-12(17)10-4-2-3-5-11(10)13/h7,10-11H,2-6,13H2,1H3,(H,14,17)(H,15,16). The van der Waals surface area contributed by atoms with Crippen molar-refractivity contribution in [3.8, 4) is 0 Å². The molecule has 1 amide bonds. The quantitative estimate of drug-likeness (QED) is 0.727. The number of nitrogens with one attached hydrogen (secondary N) is 2. The number of amides is 1. The predicted molar refractivity (Wildman–Crippen MR) is 65.1 cm³/mol. The Bertz CT molecular complexity index is 388. The first-order chi connectivity index (χ1) is 8.18. The third-order valence-electron chi connectivity index (χ3n) is 3.54. The van der Waals surface area contributed by atoms with E-state index in [1.165, 1.54) is 0 Å². The molecule has 1 aliphatic rings. The van der Waals surface area contributed by atoms with Gasteiger partial charge in [0.15, 0.2) is 0 Å². The van der Waals surface area contributed by atoms with E-state index in [0.717, 1.165) is 36.9 Å². The molecule has 94 valence electrons. The van der Waals surface area contributed by atoms with Gasteiger partial charge in [0.2, 0.25) is 5.91 Å². The Morgan fingerprint density at radius 2 is 2.35 bits per heavy atom. The van der Waals surface area contributed by atoms with Gasteiger partial charge in [0.05, 0.1) is 12.1 Å². The van der Waals surface area contributed by atoms with Crippen LogP contribution in [0.25, 0.3) is 0 Å². The lowest BCUT2D eigenvalue weighted by Crippen LogP contribution is -2.43. The fourth-order valence-corrected chi connectivity index (χ4v) is 2.35. The Morgan fingerprint density at radius 3 is 3.00 bits per heavy atom. The number of rotatable bonds is 3. The van der Waals surface area contributed by atoms with Crippen LogP contribution in [-0.4, -0.2) is 22.1 Å². The molecule has 5 nitrogen and oxygen atoms in total. The molecule has 0 bridgehead atoms. The monoisotopic (exact) mass is 236 g/mol. The smallest absolute Gasteiger partial charge is 0.224 e. The fourth-order valence-electron chi connectivity index (χ4n) is 2.35. The third-order valence-corrected chi connectivity index (χ3v) is 3.54. The summed E-state index contributed by atoms with van der Waals surface area (Å²) in [5, 5.41) is 9.73. The van der Waals surface area contributed by atoms with Crippen molar-refractivity contribution in [1.82, 2.24) is 15.5 Å². The average molecular weight is 236 g/mol. The maximum Gasteiger partial charge on any atom is 0.224 e. The van der Waals surface area contributed by atoms with Crippen molar-refractivity contribution >= 4 is 5.91 Å². The molecule has 17 heavy (non-hydrogen) atoms. The third kappa shape index (κ3) is 2.85. The van der Waals surface area contributed by atoms with Crippen molar-refractivity contribution in [2.45, 2.75) is 45.2 Å². The van der Waals surface area contributed by atoms with E-state index in [1.54, 1.807) is 6.20 Å². The summed E-state index contributed by atoms with van der Waals surface area (Å²) >= 11 is 0. The Morgan fingerprint density at radius 1 is 1.59 bits per heavy atom. The minimum atomic E-state index is -0.0176. The molecule has 0 aliphatic heterocycles. The lowest BCUT2D eigenvalue weighted by molar-refractivity contribution is -0.126. The van der Waals surface area contributed by atoms with Crippen molar-refractivity contribution in [3.63, 3.8) is 0 Å². The second-order valence-electron chi connectivity index (χ2n) is 4.79. The molecule has 1 aromatic heterocycles. The van der Waals surface area contributed by atoms with Gasteiger partial charge in [0.1, 0.15) is 0 Å². The number of hydrogen-bond acceptors (Lipinski definition) is 3. The molecule has 4 N–H and O–H groups in total. The maximum absolute atomic E-state index is 12.0. The topological polar surface area (TPSA) is 83.8 Å². The molecule has 1 heterocycles. The van der Waals surface area contributed by atoms with Crippen molar-refractivity contribution < 1.29 is 4.79 Å². The van der Waals surface area contributed by atoms with Crippen molar-refractivity contribution in [2.75, 3.05) is 0 Å². The minimum Gasteiger partial charge on any atom is -0.352 e. The van der Waals surface area contributed by atoms with Crippen LogP contribution < -0.4 is 11.1 Å². The molecule has 1 saturated carbocycles. The maximum atomic E-state index is 12.0. The SMILES string of the molecule is Cc1[nH]ncc1CNC(=O)C1CCCCC1N. The van der Waals surface area contributed by atoms with Crippen molar-refractivity contribution in [3.05, 3.63) is 17.5 Å². The molecule has 1 aromatic rings. The summed E-state index contributed by atoms with van der Waals surface area (Å²) in [4.78, 5) is 12.0. The zero-order valence-electron chi connectivity index (χ0n) is 10.2. The van der Waals surface area contributed by atoms with E-state index >= 15 is 0 Å². The van der Waals surface area contributed by atoms with Crippen LogP contribution in [0.1, 0.15) is 36.9 Å². The number of aromatic nitrogens is 2. The molecular weight excluding hydrogens is 216 g/mol. The molecule has 0 radical (unpaired) electrons. The number of nitrogens with zero attached hydrogens (tertiary/aromatic N) is 1. The number of H-pyrrole nitrogens is 1. The predicted octanol–water partition coefficient (Wildman–Crippen LogP) is 0.852. The molecule has 0 spiro atoms. The first-order valence-corrected chi connectivity index (χ1v) is 6.20. The molecule has 5 heteroatoms. The van der Waals surface area contributed by atoms with E-state index in [2.05, 4.69) is 15.5 Å². The van der Waals surface area contributed by atoms with Gasteiger partial charge in [-0.15, -0.1) is 0 Å². The Kier molecular flexibility index (Phi) is 3.78. The molecule has 2 unspecified atom stereocenters. The lowest BCUT2D eigenvalue weighted by Gasteiger charge is -2.27. The number of carbonyl (C=O) groups excluding carboxylic acids is 1. The lowest BCUT2D eigenvalue weighted by atomic mass is 9.84. The van der Waals surface area contributed by atoms with E-state index in [-0.39, 0.29) is 17.9 Å². The van der Waals surface area contributed by atoms with Crippen LogP contribution in [0.3, 0.4) is 0 Å². The van der Waals surface area contributed by atoms with E-state index in [9.17, 15) is 4.79 Å². The molecule has 0 aromatic carbocycles. The minimum absolute atomic E-state index is 0.0176. The zero-order valence-corrected chi connectivity index (χ0v) is 10.2. The van der Waals surface area contributed by atoms with Crippen LogP contribution in [0.2, 0.25) is 0 Å². The zero-order chi connectivity index (χ0) is 12.3. The van der Waals surface area contributed by atoms with Gasteiger partial charge in [-0.25, -0.2) is 0 Å². The molecule has 2 rings (SSSR count). The van der Waals surface area contributed by atoms with E-state index in [0.29, 0.717) is 6.54 Å². The van der Waals surface area contributed by atoms with Crippen LogP contribution >= 0.6 is 0 Å². The van der Waals surface area contributed by atoms with E-state index in [4.69, 9.17) is 5.73 Å². The normalized spacial score (nSPS) is 24.6. The van der Waals surface area contributed by atoms with Crippen molar-refractivity contribution in [1.29, 1.82) is 0 Å². The average Bonchev–Trinajstić information content (AvgIpc) is 2.72. The molecule has 1 fully saturated rings. The van der Waals surface area contributed by atoms with Crippen LogP contribution in [-0.2, 0) is 11.3 Å². The van der Waals surface area contributed by atoms with Gasteiger partial charge < -0.3 is 11.1 Å². The first-order valence-electron chi connectivity index (χ1n) is 6.20. The van der Waals surface area contributed by atoms with Crippen LogP contribution in [0, 0.1) is 12.8 Å². The molecular formula is C12H20N4O. The number of aromatic amines is 1. The summed E-state index contributed by atoms with van der Waals surface area (Å²) in [5.74, 6) is 0.0637. The highest BCUT2D eigenvalue weighted by atomic mass is 16.1. The van der Waals surface area contributed by atoms with Gasteiger partial charge in [0, 0.05) is 23.8 Å². The Labute approximate surface area is 101 Å². The number of hydrogen-bond donors (Lipinski definition) is 3. The highest BCUT2D eigenvalue weighted by molar-refractivity contribution is 5.79. The van der Waals surface area contributed by atoms with Crippen LogP contribution in [0.4, 0.5) is 0 Å². The summed E-state index contributed by atoms with van der Waals surface area (Å²) in [6, 6.07) is 0.0224. The van der Waals surface area contributed by atoms with Crippen LogP contribution in [0.5, 0.6) is 0 Å². The Balaban J connectivity index is 1.86. The van der Waals surface area contributed by atoms with E-state index in [1.807, 2.05) is 6.92 Å².